The Morgan fingerprint density at radius 1 is 1.06 bits per heavy atom. The molecule has 2 aromatic carbocycles. The van der Waals surface area contributed by atoms with Crippen LogP contribution in [0.3, 0.4) is 0 Å². The fourth-order valence-corrected chi connectivity index (χ4v) is 5.67. The number of carbonyl (C=O) groups excluding carboxylic acids is 2. The highest BCUT2D eigenvalue weighted by atomic mass is 35.5. The molecule has 0 unspecified atom stereocenters. The summed E-state index contributed by atoms with van der Waals surface area (Å²) in [6, 6.07) is 11.9. The summed E-state index contributed by atoms with van der Waals surface area (Å²) in [7, 11) is -3.79. The van der Waals surface area contributed by atoms with Gasteiger partial charge in [0.05, 0.1) is 11.9 Å². The number of aryl methyl sites for hydroxylation is 2. The maximum Gasteiger partial charge on any atom is 0.244 e. The molecule has 3 rings (SSSR count). The van der Waals surface area contributed by atoms with Crippen molar-refractivity contribution in [1.29, 1.82) is 0 Å². The molecule has 9 heteroatoms. The minimum Gasteiger partial charge on any atom is -0.352 e. The first-order chi connectivity index (χ1) is 17.0. The van der Waals surface area contributed by atoms with E-state index in [9.17, 15) is 18.0 Å². The number of hydrogen-bond donors (Lipinski definition) is 1. The van der Waals surface area contributed by atoms with Crippen molar-refractivity contribution in [3.8, 4) is 0 Å². The topological polar surface area (TPSA) is 86.8 Å². The molecular formula is C27H36ClN3O4S. The van der Waals surface area contributed by atoms with Crippen molar-refractivity contribution >= 4 is 39.1 Å². The van der Waals surface area contributed by atoms with Gasteiger partial charge in [-0.05, 0) is 62.9 Å². The van der Waals surface area contributed by atoms with Gasteiger partial charge in [0.25, 0.3) is 0 Å². The lowest BCUT2D eigenvalue weighted by Crippen LogP contribution is -2.53. The minimum absolute atomic E-state index is 0.106. The minimum atomic E-state index is -3.79. The number of nitrogens with zero attached hydrogens (tertiary/aromatic N) is 2. The summed E-state index contributed by atoms with van der Waals surface area (Å²) in [6.45, 7) is 5.19. The molecule has 0 radical (unpaired) electrons. The molecule has 1 aliphatic rings. The Morgan fingerprint density at radius 3 is 2.28 bits per heavy atom. The van der Waals surface area contributed by atoms with Gasteiger partial charge < -0.3 is 10.2 Å². The van der Waals surface area contributed by atoms with Gasteiger partial charge >= 0.3 is 0 Å². The van der Waals surface area contributed by atoms with Crippen LogP contribution in [-0.4, -0.2) is 50.0 Å². The van der Waals surface area contributed by atoms with Gasteiger partial charge in [0.15, 0.2) is 0 Å². The van der Waals surface area contributed by atoms with Crippen molar-refractivity contribution < 1.29 is 18.0 Å². The van der Waals surface area contributed by atoms with E-state index in [-0.39, 0.29) is 18.5 Å². The Balaban J connectivity index is 1.88. The van der Waals surface area contributed by atoms with Crippen LogP contribution in [-0.2, 0) is 26.2 Å². The van der Waals surface area contributed by atoms with Crippen molar-refractivity contribution in [2.75, 3.05) is 17.1 Å². The van der Waals surface area contributed by atoms with Crippen LogP contribution in [0.25, 0.3) is 0 Å². The van der Waals surface area contributed by atoms with Gasteiger partial charge in [-0.15, -0.1) is 0 Å². The molecule has 36 heavy (non-hydrogen) atoms. The second kappa shape index (κ2) is 12.1. The summed E-state index contributed by atoms with van der Waals surface area (Å²) in [5.74, 6) is -0.683. The second-order valence-electron chi connectivity index (χ2n) is 9.73. The third-order valence-electron chi connectivity index (χ3n) is 6.70. The number of halogens is 1. The van der Waals surface area contributed by atoms with Crippen LogP contribution in [0, 0.1) is 13.8 Å². The quantitative estimate of drug-likeness (QED) is 0.511. The van der Waals surface area contributed by atoms with Crippen LogP contribution in [0.5, 0.6) is 0 Å². The summed E-state index contributed by atoms with van der Waals surface area (Å²) < 4.78 is 26.5. The fraction of sp³-hybridized carbons (Fsp3) is 0.481. The Kier molecular flexibility index (Phi) is 9.41. The SMILES string of the molecule is Cc1ccc(CN(C(=O)CN(c2ccc(Cl)cc2C)S(C)(=O)=O)[C@@H](C)C(=O)NC2CCCCC2)cc1. The molecule has 1 atom stereocenters. The van der Waals surface area contributed by atoms with Crippen LogP contribution in [0.15, 0.2) is 42.5 Å². The van der Waals surface area contributed by atoms with Crippen LogP contribution in [0.2, 0.25) is 5.02 Å². The number of sulfonamides is 1. The van der Waals surface area contributed by atoms with Gasteiger partial charge in [-0.3, -0.25) is 13.9 Å². The molecule has 0 aliphatic heterocycles. The van der Waals surface area contributed by atoms with Gasteiger partial charge in [0.1, 0.15) is 12.6 Å². The van der Waals surface area contributed by atoms with Gasteiger partial charge in [0.2, 0.25) is 21.8 Å². The van der Waals surface area contributed by atoms with E-state index in [0.29, 0.717) is 16.3 Å². The average Bonchev–Trinajstić information content (AvgIpc) is 2.82. The molecule has 1 N–H and O–H groups in total. The third kappa shape index (κ3) is 7.46. The first-order valence-corrected chi connectivity index (χ1v) is 14.6. The first-order valence-electron chi connectivity index (χ1n) is 12.3. The number of rotatable bonds is 9. The normalized spacial score (nSPS) is 15.2. The van der Waals surface area contributed by atoms with E-state index in [2.05, 4.69) is 5.32 Å². The molecule has 0 bridgehead atoms. The van der Waals surface area contributed by atoms with Crippen LogP contribution in [0.4, 0.5) is 5.69 Å². The lowest BCUT2D eigenvalue weighted by atomic mass is 9.95. The molecular weight excluding hydrogens is 498 g/mol. The zero-order chi connectivity index (χ0) is 26.5. The van der Waals surface area contributed by atoms with Gasteiger partial charge in [0, 0.05) is 17.6 Å². The third-order valence-corrected chi connectivity index (χ3v) is 8.06. The standard InChI is InChI=1S/C27H36ClN3O4S/c1-19-10-12-22(13-11-19)17-30(21(3)27(33)29-24-8-6-5-7-9-24)26(32)18-31(36(4,34)35)25-15-14-23(28)16-20(25)2/h10-16,21,24H,5-9,17-18H2,1-4H3,(H,29,33)/t21-/m0/s1. The molecule has 0 aromatic heterocycles. The van der Waals surface area contributed by atoms with Crippen LogP contribution >= 0.6 is 11.6 Å². The monoisotopic (exact) mass is 533 g/mol. The maximum absolute atomic E-state index is 13.7. The number of anilines is 1. The van der Waals surface area contributed by atoms with Crippen molar-refractivity contribution in [3.63, 3.8) is 0 Å². The van der Waals surface area contributed by atoms with E-state index in [1.807, 2.05) is 31.2 Å². The molecule has 0 saturated heterocycles. The van der Waals surface area contributed by atoms with Gasteiger partial charge in [-0.2, -0.15) is 0 Å². The molecule has 0 heterocycles. The second-order valence-corrected chi connectivity index (χ2v) is 12.1. The van der Waals surface area contributed by atoms with Crippen molar-refractivity contribution in [2.24, 2.45) is 0 Å². The van der Waals surface area contributed by atoms with Gasteiger partial charge in [-0.1, -0.05) is 60.7 Å². The van der Waals surface area contributed by atoms with E-state index in [1.165, 1.54) is 11.3 Å². The van der Waals surface area contributed by atoms with E-state index in [0.717, 1.165) is 47.4 Å². The zero-order valence-corrected chi connectivity index (χ0v) is 23.0. The van der Waals surface area contributed by atoms with Crippen molar-refractivity contribution in [3.05, 3.63) is 64.2 Å². The van der Waals surface area contributed by atoms with Crippen LogP contribution in [0.1, 0.15) is 55.7 Å². The van der Waals surface area contributed by atoms with E-state index >= 15 is 0 Å². The highest BCUT2D eigenvalue weighted by molar-refractivity contribution is 7.92. The lowest BCUT2D eigenvalue weighted by Gasteiger charge is -2.33. The Hall–Kier alpha value is -2.58. The average molecular weight is 534 g/mol. The Labute approximate surface area is 219 Å². The van der Waals surface area contributed by atoms with Crippen molar-refractivity contribution in [2.45, 2.75) is 71.5 Å². The summed E-state index contributed by atoms with van der Waals surface area (Å²) in [5.41, 5.74) is 2.96. The molecule has 0 spiro atoms. The number of amides is 2. The Morgan fingerprint density at radius 2 is 1.69 bits per heavy atom. The fourth-order valence-electron chi connectivity index (χ4n) is 4.53. The molecule has 196 valence electrons. The largest absolute Gasteiger partial charge is 0.352 e. The number of benzene rings is 2. The van der Waals surface area contributed by atoms with E-state index in [4.69, 9.17) is 11.6 Å². The lowest BCUT2D eigenvalue weighted by molar-refractivity contribution is -0.139. The zero-order valence-electron chi connectivity index (χ0n) is 21.5. The molecule has 1 aliphatic carbocycles. The molecule has 7 nitrogen and oxygen atoms in total. The maximum atomic E-state index is 13.7. The predicted octanol–water partition coefficient (Wildman–Crippen LogP) is 4.59. The molecule has 2 aromatic rings. The number of nitrogens with one attached hydrogen (secondary N) is 1. The van der Waals surface area contributed by atoms with Crippen molar-refractivity contribution in [1.82, 2.24) is 10.2 Å². The number of hydrogen-bond acceptors (Lipinski definition) is 4. The number of carbonyl (C=O) groups is 2. The molecule has 1 saturated carbocycles. The molecule has 1 fully saturated rings. The van der Waals surface area contributed by atoms with E-state index < -0.39 is 28.5 Å². The molecule has 2 amide bonds. The highest BCUT2D eigenvalue weighted by Crippen LogP contribution is 2.26. The van der Waals surface area contributed by atoms with Gasteiger partial charge in [-0.25, -0.2) is 8.42 Å². The predicted molar refractivity (Wildman–Crippen MR) is 145 cm³/mol. The summed E-state index contributed by atoms with van der Waals surface area (Å²) in [5, 5.41) is 3.58. The van der Waals surface area contributed by atoms with Crippen LogP contribution < -0.4 is 9.62 Å². The summed E-state index contributed by atoms with van der Waals surface area (Å²) in [4.78, 5) is 28.3. The van der Waals surface area contributed by atoms with E-state index in [1.54, 1.807) is 32.0 Å². The first kappa shape index (κ1) is 28.0. The Bertz CT molecular complexity index is 1180. The summed E-state index contributed by atoms with van der Waals surface area (Å²) in [6.07, 6.45) is 6.26. The smallest absolute Gasteiger partial charge is 0.244 e. The summed E-state index contributed by atoms with van der Waals surface area (Å²) >= 11 is 6.06. The highest BCUT2D eigenvalue weighted by Gasteiger charge is 2.31.